The topological polar surface area (TPSA) is 90.5 Å². The van der Waals surface area contributed by atoms with Crippen molar-refractivity contribution in [1.82, 2.24) is 29.9 Å². The molecule has 0 aliphatic carbocycles. The molecule has 0 saturated heterocycles. The van der Waals surface area contributed by atoms with Crippen molar-refractivity contribution in [2.24, 2.45) is 0 Å². The number of furan rings is 1. The lowest BCUT2D eigenvalue weighted by molar-refractivity contribution is 0.652. The Labute approximate surface area is 316 Å². The van der Waals surface area contributed by atoms with Crippen LogP contribution < -0.4 is 0 Å². The molecule has 4 aromatic heterocycles. The third kappa shape index (κ3) is 6.19. The molecule has 7 nitrogen and oxygen atoms in total. The molecule has 0 amide bonds. The van der Waals surface area contributed by atoms with Crippen LogP contribution in [0.4, 0.5) is 0 Å². The first-order chi connectivity index (χ1) is 27.2. The highest BCUT2D eigenvalue weighted by Gasteiger charge is 2.20. The molecule has 258 valence electrons. The molecule has 0 unspecified atom stereocenters. The molecular formula is C48H30N6O. The molecule has 4 heterocycles. The van der Waals surface area contributed by atoms with E-state index in [1.165, 1.54) is 0 Å². The predicted octanol–water partition coefficient (Wildman–Crippen LogP) is 11.6. The maximum absolute atomic E-state index is 6.32. The second-order valence-corrected chi connectivity index (χ2v) is 13.2. The Hall–Kier alpha value is -7.64. The van der Waals surface area contributed by atoms with Gasteiger partial charge in [0, 0.05) is 34.0 Å². The second-order valence-electron chi connectivity index (χ2n) is 13.2. The molecule has 10 rings (SSSR count). The lowest BCUT2D eigenvalue weighted by atomic mass is 10.0. The van der Waals surface area contributed by atoms with Crippen LogP contribution in [0.15, 0.2) is 187 Å². The van der Waals surface area contributed by atoms with Gasteiger partial charge in [0.25, 0.3) is 0 Å². The van der Waals surface area contributed by atoms with Gasteiger partial charge in [0.15, 0.2) is 28.9 Å². The summed E-state index contributed by atoms with van der Waals surface area (Å²) in [5.41, 5.74) is 11.4. The van der Waals surface area contributed by atoms with Gasteiger partial charge in [-0.1, -0.05) is 158 Å². The van der Waals surface area contributed by atoms with Crippen molar-refractivity contribution in [2.45, 2.75) is 0 Å². The highest BCUT2D eigenvalue weighted by Crippen LogP contribution is 2.36. The van der Waals surface area contributed by atoms with Gasteiger partial charge >= 0.3 is 0 Å². The third-order valence-corrected chi connectivity index (χ3v) is 9.65. The summed E-state index contributed by atoms with van der Waals surface area (Å²) in [5, 5.41) is 0.836. The molecule has 0 spiro atoms. The number of hydrogen-bond donors (Lipinski definition) is 0. The minimum Gasteiger partial charge on any atom is -0.434 e. The monoisotopic (exact) mass is 706 g/mol. The number of pyridine rings is 1. The van der Waals surface area contributed by atoms with E-state index in [4.69, 9.17) is 29.3 Å². The maximum atomic E-state index is 6.32. The Balaban J connectivity index is 1.07. The van der Waals surface area contributed by atoms with Gasteiger partial charge in [-0.2, -0.15) is 0 Å². The van der Waals surface area contributed by atoms with Crippen molar-refractivity contribution in [2.75, 3.05) is 0 Å². The van der Waals surface area contributed by atoms with Gasteiger partial charge in [-0.3, -0.25) is 0 Å². The average Bonchev–Trinajstić information content (AvgIpc) is 3.66. The number of benzene rings is 6. The van der Waals surface area contributed by atoms with E-state index in [-0.39, 0.29) is 0 Å². The molecule has 7 heteroatoms. The lowest BCUT2D eigenvalue weighted by Gasteiger charge is -2.10. The number of hydrogen-bond acceptors (Lipinski definition) is 7. The normalized spacial score (nSPS) is 11.3. The third-order valence-electron chi connectivity index (χ3n) is 9.65. The maximum Gasteiger partial charge on any atom is 0.229 e. The number of rotatable bonds is 7. The average molecular weight is 707 g/mol. The van der Waals surface area contributed by atoms with Gasteiger partial charge in [0.1, 0.15) is 11.2 Å². The van der Waals surface area contributed by atoms with Crippen LogP contribution in [0.5, 0.6) is 0 Å². The predicted molar refractivity (Wildman–Crippen MR) is 219 cm³/mol. The van der Waals surface area contributed by atoms with Crippen molar-refractivity contribution in [1.29, 1.82) is 0 Å². The molecule has 10 aromatic rings. The van der Waals surface area contributed by atoms with E-state index in [9.17, 15) is 0 Å². The van der Waals surface area contributed by atoms with E-state index in [1.807, 2.05) is 115 Å². The number of aromatic nitrogens is 6. The Morgan fingerprint density at radius 1 is 0.327 bits per heavy atom. The van der Waals surface area contributed by atoms with Crippen LogP contribution >= 0.6 is 0 Å². The van der Waals surface area contributed by atoms with Gasteiger partial charge in [-0.25, -0.2) is 29.9 Å². The first-order valence-electron chi connectivity index (χ1n) is 18.0. The Morgan fingerprint density at radius 3 is 1.42 bits per heavy atom. The van der Waals surface area contributed by atoms with E-state index >= 15 is 0 Å². The zero-order valence-electron chi connectivity index (χ0n) is 29.4. The summed E-state index contributed by atoms with van der Waals surface area (Å²) in [6, 6.07) is 59.3. The fourth-order valence-corrected chi connectivity index (χ4v) is 6.84. The van der Waals surface area contributed by atoms with E-state index < -0.39 is 0 Å². The standard InChI is InChI=1S/C48H30N6O/c1-4-12-31(13-5-1)33-21-25-36(26-22-33)44-50-41(43-42(51-44)40-20-11-29-49-48(40)55-43)34-23-27-37(28-24-34)46-52-45(35-16-8-3-9-17-35)53-47(54-46)39-19-10-18-38(30-39)32-14-6-2-7-15-32/h1-30H. The largest absolute Gasteiger partial charge is 0.434 e. The zero-order chi connectivity index (χ0) is 36.6. The van der Waals surface area contributed by atoms with Crippen LogP contribution in [-0.4, -0.2) is 29.9 Å². The smallest absolute Gasteiger partial charge is 0.229 e. The summed E-state index contributed by atoms with van der Waals surface area (Å²) >= 11 is 0. The molecule has 0 saturated carbocycles. The van der Waals surface area contributed by atoms with E-state index in [2.05, 4.69) is 65.6 Å². The molecule has 6 aromatic carbocycles. The minimum absolute atomic E-state index is 0.517. The first-order valence-corrected chi connectivity index (χ1v) is 18.0. The summed E-state index contributed by atoms with van der Waals surface area (Å²) in [6.45, 7) is 0. The van der Waals surface area contributed by atoms with Crippen molar-refractivity contribution < 1.29 is 4.42 Å². The summed E-state index contributed by atoms with van der Waals surface area (Å²) in [6.07, 6.45) is 1.72. The zero-order valence-corrected chi connectivity index (χ0v) is 29.4. The Morgan fingerprint density at radius 2 is 0.782 bits per heavy atom. The molecule has 0 bridgehead atoms. The van der Waals surface area contributed by atoms with Gasteiger partial charge in [-0.05, 0) is 40.5 Å². The molecule has 0 aliphatic rings. The number of nitrogens with zero attached hydrogens (tertiary/aromatic N) is 6. The highest BCUT2D eigenvalue weighted by molar-refractivity contribution is 6.06. The van der Waals surface area contributed by atoms with Crippen molar-refractivity contribution in [3.8, 4) is 79.1 Å². The fraction of sp³-hybridized carbons (Fsp3) is 0. The molecule has 0 atom stereocenters. The minimum atomic E-state index is 0.517. The second kappa shape index (κ2) is 13.7. The van der Waals surface area contributed by atoms with Crippen LogP contribution in [0.3, 0.4) is 0 Å². The molecule has 0 N–H and O–H groups in total. The Kier molecular flexibility index (Phi) is 8.00. The quantitative estimate of drug-likeness (QED) is 0.163. The first kappa shape index (κ1) is 32.0. The molecule has 55 heavy (non-hydrogen) atoms. The van der Waals surface area contributed by atoms with Crippen LogP contribution in [0.25, 0.3) is 101 Å². The van der Waals surface area contributed by atoms with Gasteiger partial charge in [0.05, 0.1) is 5.39 Å². The molecule has 0 fully saturated rings. The van der Waals surface area contributed by atoms with E-state index in [0.29, 0.717) is 45.8 Å². The summed E-state index contributed by atoms with van der Waals surface area (Å²) < 4.78 is 6.32. The van der Waals surface area contributed by atoms with Crippen LogP contribution in [-0.2, 0) is 0 Å². The van der Waals surface area contributed by atoms with E-state index in [1.54, 1.807) is 6.20 Å². The van der Waals surface area contributed by atoms with Crippen LogP contribution in [0, 0.1) is 0 Å². The summed E-state index contributed by atoms with van der Waals surface area (Å²) in [4.78, 5) is 29.6. The Bertz CT molecular complexity index is 2950. The SMILES string of the molecule is c1ccc(-c2ccc(-c3nc(-c4ccc(-c5nc(-c6ccccc6)nc(-c6cccc(-c7ccccc7)c6)n5)cc4)c4oc5ncccc5c4n3)cc2)cc1. The summed E-state index contributed by atoms with van der Waals surface area (Å²) in [7, 11) is 0. The fourth-order valence-electron chi connectivity index (χ4n) is 6.84. The van der Waals surface area contributed by atoms with Gasteiger partial charge < -0.3 is 4.42 Å². The lowest BCUT2D eigenvalue weighted by Crippen LogP contribution is -2.00. The van der Waals surface area contributed by atoms with Gasteiger partial charge in [-0.15, -0.1) is 0 Å². The van der Waals surface area contributed by atoms with E-state index in [0.717, 1.165) is 55.5 Å². The van der Waals surface area contributed by atoms with Crippen LogP contribution in [0.2, 0.25) is 0 Å². The van der Waals surface area contributed by atoms with Crippen LogP contribution in [0.1, 0.15) is 0 Å². The van der Waals surface area contributed by atoms with Crippen molar-refractivity contribution >= 4 is 22.2 Å². The molecule has 0 radical (unpaired) electrons. The van der Waals surface area contributed by atoms with Crippen molar-refractivity contribution in [3.05, 3.63) is 182 Å². The highest BCUT2D eigenvalue weighted by atomic mass is 16.3. The number of fused-ring (bicyclic) bond motifs is 3. The van der Waals surface area contributed by atoms with Gasteiger partial charge in [0.2, 0.25) is 5.71 Å². The van der Waals surface area contributed by atoms with Crippen molar-refractivity contribution in [3.63, 3.8) is 0 Å². The molecular weight excluding hydrogens is 677 g/mol. The molecule has 0 aliphatic heterocycles. The summed E-state index contributed by atoms with van der Waals surface area (Å²) in [5.74, 6) is 2.37.